The molecule has 3 fully saturated rings. The molecule has 2 heterocycles. The van der Waals surface area contributed by atoms with E-state index in [9.17, 15) is 20.4 Å². The molecule has 140 valence electrons. The molecule has 2 aliphatic heterocycles. The van der Waals surface area contributed by atoms with Crippen molar-refractivity contribution < 1.29 is 25.2 Å². The Bertz CT molecular complexity index is 795. The molecule has 6 atom stereocenters. The Morgan fingerprint density at radius 1 is 1.15 bits per heavy atom. The van der Waals surface area contributed by atoms with E-state index in [2.05, 4.69) is 4.90 Å². The Morgan fingerprint density at radius 2 is 1.96 bits per heavy atom. The van der Waals surface area contributed by atoms with Crippen molar-refractivity contribution in [3.8, 4) is 11.5 Å². The van der Waals surface area contributed by atoms with E-state index in [4.69, 9.17) is 4.74 Å². The van der Waals surface area contributed by atoms with E-state index in [0.29, 0.717) is 30.9 Å². The average Bonchev–Trinajstić information content (AvgIpc) is 3.35. The molecule has 1 aromatic carbocycles. The van der Waals surface area contributed by atoms with Crippen molar-refractivity contribution in [1.82, 2.24) is 4.90 Å². The molecule has 0 aromatic heterocycles. The van der Waals surface area contributed by atoms with Crippen LogP contribution in [0.25, 0.3) is 0 Å². The van der Waals surface area contributed by atoms with Crippen LogP contribution >= 0.6 is 0 Å². The second kappa shape index (κ2) is 4.73. The number of benzene rings is 1. The second-order valence-corrected chi connectivity index (χ2v) is 9.00. The molecule has 0 amide bonds. The topological polar surface area (TPSA) is 93.4 Å². The van der Waals surface area contributed by atoms with Crippen LogP contribution in [0.5, 0.6) is 11.5 Å². The fourth-order valence-electron chi connectivity index (χ4n) is 6.52. The van der Waals surface area contributed by atoms with Gasteiger partial charge in [-0.3, -0.25) is 4.90 Å². The van der Waals surface area contributed by atoms with Crippen molar-refractivity contribution in [3.63, 3.8) is 0 Å². The minimum atomic E-state index is -1.16. The summed E-state index contributed by atoms with van der Waals surface area (Å²) in [5, 5.41) is 44.3. The third kappa shape index (κ3) is 1.59. The first-order chi connectivity index (χ1) is 12.5. The van der Waals surface area contributed by atoms with Crippen LogP contribution in [0.4, 0.5) is 0 Å². The lowest BCUT2D eigenvalue weighted by Gasteiger charge is -2.64. The van der Waals surface area contributed by atoms with E-state index in [1.54, 1.807) is 12.1 Å². The molecule has 6 nitrogen and oxygen atoms in total. The number of nitrogens with zero attached hydrogens (tertiary/aromatic N) is 1. The number of ether oxygens (including phenoxy) is 1. The predicted molar refractivity (Wildman–Crippen MR) is 92.1 cm³/mol. The zero-order chi connectivity index (χ0) is 17.8. The Balaban J connectivity index is 1.60. The first-order valence-corrected chi connectivity index (χ1v) is 9.83. The van der Waals surface area contributed by atoms with Crippen molar-refractivity contribution in [2.75, 3.05) is 13.1 Å². The number of aliphatic hydroxyl groups excluding tert-OH is 2. The Hall–Kier alpha value is -1.34. The molecule has 3 aliphatic carbocycles. The number of hydrogen-bond acceptors (Lipinski definition) is 6. The molecular formula is C20H25NO5. The zero-order valence-corrected chi connectivity index (χ0v) is 14.6. The third-order valence-electron chi connectivity index (χ3n) is 7.77. The largest absolute Gasteiger partial charge is 0.504 e. The summed E-state index contributed by atoms with van der Waals surface area (Å²) in [6, 6.07) is 2.93. The average molecular weight is 359 g/mol. The number of rotatable bonds is 2. The SMILES string of the molecule is Oc1ccc2c3c1O[C@H]1C(O)CC[C@@]4(O)[C@@H]([C@H]2O)N(CC2CC2)CC[C@]314. The van der Waals surface area contributed by atoms with Crippen LogP contribution in [0.3, 0.4) is 0 Å². The minimum absolute atomic E-state index is 0.0214. The third-order valence-corrected chi connectivity index (χ3v) is 7.77. The lowest BCUT2D eigenvalue weighted by atomic mass is 9.48. The van der Waals surface area contributed by atoms with E-state index in [0.717, 1.165) is 24.2 Å². The van der Waals surface area contributed by atoms with Gasteiger partial charge in [-0.05, 0) is 56.2 Å². The van der Waals surface area contributed by atoms with Crippen LogP contribution in [0.2, 0.25) is 0 Å². The molecule has 2 saturated carbocycles. The van der Waals surface area contributed by atoms with Gasteiger partial charge in [0, 0.05) is 12.1 Å². The fraction of sp³-hybridized carbons (Fsp3) is 0.700. The maximum atomic E-state index is 12.0. The highest BCUT2D eigenvalue weighted by Gasteiger charge is 2.74. The molecule has 1 spiro atoms. The number of likely N-dealkylation sites (tertiary alicyclic amines) is 1. The van der Waals surface area contributed by atoms with Crippen LogP contribution in [-0.4, -0.2) is 62.3 Å². The standard InChI is InChI=1S/C20H25NO5/c22-12-4-3-11-14-16(12)26-18-13(23)5-6-20(25)17(15(11)24)21(9-10-1-2-10)8-7-19(14,18)20/h3-4,10,13,15,17-18,22-25H,1-2,5-9H2/t13?,15-,17+,18-,19-,20+/m0/s1. The Labute approximate surface area is 152 Å². The summed E-state index contributed by atoms with van der Waals surface area (Å²) in [5.74, 6) is 1.04. The van der Waals surface area contributed by atoms with Crippen molar-refractivity contribution >= 4 is 0 Å². The molecule has 1 aromatic rings. The van der Waals surface area contributed by atoms with Crippen LogP contribution in [0.15, 0.2) is 12.1 Å². The van der Waals surface area contributed by atoms with Gasteiger partial charge >= 0.3 is 0 Å². The highest BCUT2D eigenvalue weighted by Crippen LogP contribution is 2.67. The maximum Gasteiger partial charge on any atom is 0.165 e. The van der Waals surface area contributed by atoms with E-state index in [-0.39, 0.29) is 5.75 Å². The van der Waals surface area contributed by atoms with Gasteiger partial charge in [0.05, 0.1) is 29.3 Å². The predicted octanol–water partition coefficient (Wildman–Crippen LogP) is 0.808. The second-order valence-electron chi connectivity index (χ2n) is 9.00. The molecule has 6 rings (SSSR count). The lowest BCUT2D eigenvalue weighted by molar-refractivity contribution is -0.230. The van der Waals surface area contributed by atoms with Gasteiger partial charge in [0.15, 0.2) is 11.5 Å². The highest BCUT2D eigenvalue weighted by molar-refractivity contribution is 5.63. The molecule has 26 heavy (non-hydrogen) atoms. The van der Waals surface area contributed by atoms with Gasteiger partial charge in [0.25, 0.3) is 0 Å². The highest BCUT2D eigenvalue weighted by atomic mass is 16.5. The van der Waals surface area contributed by atoms with Crippen LogP contribution < -0.4 is 4.74 Å². The van der Waals surface area contributed by atoms with Gasteiger partial charge < -0.3 is 25.2 Å². The van der Waals surface area contributed by atoms with Crippen molar-refractivity contribution in [2.24, 2.45) is 5.92 Å². The molecule has 4 N–H and O–H groups in total. The normalized spacial score (nSPS) is 46.0. The molecule has 1 unspecified atom stereocenters. The smallest absolute Gasteiger partial charge is 0.165 e. The van der Waals surface area contributed by atoms with Crippen molar-refractivity contribution in [2.45, 2.75) is 67.5 Å². The van der Waals surface area contributed by atoms with Gasteiger partial charge in [0.1, 0.15) is 6.10 Å². The number of phenolic OH excluding ortho intramolecular Hbond substituents is 1. The molecule has 0 radical (unpaired) electrons. The Kier molecular flexibility index (Phi) is 2.86. The minimum Gasteiger partial charge on any atom is -0.504 e. The molecular weight excluding hydrogens is 334 g/mol. The summed E-state index contributed by atoms with van der Waals surface area (Å²) in [4.78, 5) is 2.27. The van der Waals surface area contributed by atoms with Crippen molar-refractivity contribution in [1.29, 1.82) is 0 Å². The number of phenols is 1. The number of aliphatic hydroxyl groups is 3. The summed E-state index contributed by atoms with van der Waals surface area (Å²) >= 11 is 0. The summed E-state index contributed by atoms with van der Waals surface area (Å²) in [6.07, 6.45) is 1.93. The number of hydrogen-bond donors (Lipinski definition) is 4. The van der Waals surface area contributed by atoms with E-state index in [1.807, 2.05) is 0 Å². The zero-order valence-electron chi connectivity index (χ0n) is 14.6. The fourth-order valence-corrected chi connectivity index (χ4v) is 6.52. The van der Waals surface area contributed by atoms with Gasteiger partial charge in [-0.2, -0.15) is 0 Å². The number of aromatic hydroxyl groups is 1. The number of piperidine rings is 1. The molecule has 2 bridgehead atoms. The van der Waals surface area contributed by atoms with Gasteiger partial charge in [-0.15, -0.1) is 0 Å². The van der Waals surface area contributed by atoms with Gasteiger partial charge in [-0.25, -0.2) is 0 Å². The molecule has 1 saturated heterocycles. The van der Waals surface area contributed by atoms with Crippen molar-refractivity contribution in [3.05, 3.63) is 23.3 Å². The van der Waals surface area contributed by atoms with Crippen LogP contribution in [-0.2, 0) is 5.41 Å². The van der Waals surface area contributed by atoms with E-state index >= 15 is 0 Å². The van der Waals surface area contributed by atoms with Gasteiger partial charge in [-0.1, -0.05) is 6.07 Å². The first-order valence-electron chi connectivity index (χ1n) is 9.83. The summed E-state index contributed by atoms with van der Waals surface area (Å²) in [5.41, 5.74) is -0.434. The lowest BCUT2D eigenvalue weighted by Crippen LogP contribution is -2.78. The maximum absolute atomic E-state index is 12.0. The summed E-state index contributed by atoms with van der Waals surface area (Å²) < 4.78 is 6.07. The first kappa shape index (κ1) is 15.7. The Morgan fingerprint density at radius 3 is 2.73 bits per heavy atom. The van der Waals surface area contributed by atoms with E-state index in [1.165, 1.54) is 12.8 Å². The van der Waals surface area contributed by atoms with Gasteiger partial charge in [0.2, 0.25) is 0 Å². The molecule has 6 heteroatoms. The van der Waals surface area contributed by atoms with Crippen LogP contribution in [0.1, 0.15) is 49.3 Å². The van der Waals surface area contributed by atoms with Crippen LogP contribution in [0, 0.1) is 5.92 Å². The quantitative estimate of drug-likeness (QED) is 0.624. The van der Waals surface area contributed by atoms with E-state index < -0.39 is 35.4 Å². The molecule has 5 aliphatic rings. The summed E-state index contributed by atoms with van der Waals surface area (Å²) in [7, 11) is 0. The monoisotopic (exact) mass is 359 g/mol. The summed E-state index contributed by atoms with van der Waals surface area (Å²) in [6.45, 7) is 1.68.